The van der Waals surface area contributed by atoms with Crippen LogP contribution in [-0.4, -0.2) is 35.8 Å². The first-order chi connectivity index (χ1) is 14.5. The number of carbonyl (C=O) groups is 2. The van der Waals surface area contributed by atoms with E-state index in [-0.39, 0.29) is 23.0 Å². The molecule has 0 unspecified atom stereocenters. The van der Waals surface area contributed by atoms with Gasteiger partial charge in [-0.2, -0.15) is 0 Å². The van der Waals surface area contributed by atoms with Crippen LogP contribution in [0, 0.1) is 12.8 Å². The molecule has 0 atom stereocenters. The molecule has 2 aromatic carbocycles. The molecule has 6 heteroatoms. The summed E-state index contributed by atoms with van der Waals surface area (Å²) < 4.78 is 0. The second kappa shape index (κ2) is 12.0. The topological polar surface area (TPSA) is 81.7 Å². The average Bonchev–Trinajstić information content (AvgIpc) is 2.78. The monoisotopic (exact) mass is 407 g/mol. The minimum Gasteiger partial charge on any atom is -0.505 e. The lowest BCUT2D eigenvalue weighted by Crippen LogP contribution is -2.32. The van der Waals surface area contributed by atoms with Crippen molar-refractivity contribution in [1.29, 1.82) is 0 Å². The first-order valence-electron chi connectivity index (χ1n) is 9.65. The van der Waals surface area contributed by atoms with E-state index in [1.807, 2.05) is 44.2 Å². The molecule has 0 heterocycles. The number of carbonyl (C=O) groups excluding carboxylic acids is 2. The molecule has 0 fully saturated rings. The number of phenols is 1. The molecule has 0 radical (unpaired) electrons. The maximum Gasteiger partial charge on any atom is 0.257 e. The highest BCUT2D eigenvalue weighted by Gasteiger charge is 2.28. The van der Waals surface area contributed by atoms with Crippen molar-refractivity contribution in [2.45, 2.75) is 26.8 Å². The van der Waals surface area contributed by atoms with Crippen LogP contribution in [0.25, 0.3) is 0 Å². The first-order valence-corrected chi connectivity index (χ1v) is 9.65. The van der Waals surface area contributed by atoms with Crippen molar-refractivity contribution in [3.05, 3.63) is 71.1 Å². The number of rotatable bonds is 6. The van der Waals surface area contributed by atoms with E-state index in [2.05, 4.69) is 23.5 Å². The number of hydrogen-bond donors (Lipinski definition) is 3. The Morgan fingerprint density at radius 2 is 1.70 bits per heavy atom. The van der Waals surface area contributed by atoms with Gasteiger partial charge in [-0.15, -0.1) is 12.8 Å². The van der Waals surface area contributed by atoms with E-state index < -0.39 is 0 Å². The molecule has 3 N–H and O–H groups in total. The number of terminal acetylenes is 1. The van der Waals surface area contributed by atoms with Gasteiger partial charge in [0.2, 0.25) is 0 Å². The fourth-order valence-corrected chi connectivity index (χ4v) is 2.69. The molecule has 0 saturated heterocycles. The number of nitrogens with one attached hydrogen (secondary N) is 2. The molecule has 30 heavy (non-hydrogen) atoms. The summed E-state index contributed by atoms with van der Waals surface area (Å²) in [6, 6.07) is 14.7. The highest BCUT2D eigenvalue weighted by molar-refractivity contribution is 6.07. The Morgan fingerprint density at radius 1 is 1.07 bits per heavy atom. The zero-order chi connectivity index (χ0) is 22.7. The zero-order valence-corrected chi connectivity index (χ0v) is 17.9. The van der Waals surface area contributed by atoms with Gasteiger partial charge in [0.15, 0.2) is 11.5 Å². The number of allylic oxidation sites excluding steroid dienone is 2. The molecule has 6 nitrogen and oxygen atoms in total. The average molecular weight is 408 g/mol. The molecule has 3 rings (SSSR count). The van der Waals surface area contributed by atoms with E-state index in [9.17, 15) is 14.7 Å². The number of nitrogens with zero attached hydrogens (tertiary/aromatic N) is 1. The smallest absolute Gasteiger partial charge is 0.257 e. The highest BCUT2D eigenvalue weighted by atomic mass is 16.3. The number of ketones is 1. The predicted molar refractivity (Wildman–Crippen MR) is 121 cm³/mol. The summed E-state index contributed by atoms with van der Waals surface area (Å²) in [5, 5.41) is 16.6. The number of Topliss-reactive ketones (excluding diaryl/α,β-unsaturated/α-hetero) is 1. The molecule has 1 aliphatic carbocycles. The largest absolute Gasteiger partial charge is 0.505 e. The lowest BCUT2D eigenvalue weighted by atomic mass is 9.98. The van der Waals surface area contributed by atoms with Crippen molar-refractivity contribution in [2.75, 3.05) is 19.4 Å². The van der Waals surface area contributed by atoms with E-state index in [0.717, 1.165) is 11.3 Å². The summed E-state index contributed by atoms with van der Waals surface area (Å²) in [6.07, 6.45) is 8.33. The lowest BCUT2D eigenvalue weighted by molar-refractivity contribution is -0.116. The molecule has 0 bridgehead atoms. The fraction of sp³-hybridized carbons (Fsp3) is 0.250. The van der Waals surface area contributed by atoms with Crippen molar-refractivity contribution >= 4 is 17.4 Å². The normalized spacial score (nSPS) is 11.7. The van der Waals surface area contributed by atoms with Gasteiger partial charge in [-0.25, -0.2) is 0 Å². The highest BCUT2D eigenvalue weighted by Crippen LogP contribution is 2.32. The van der Waals surface area contributed by atoms with E-state index >= 15 is 0 Å². The number of phenolic OH excluding ortho intramolecular Hbond substituents is 1. The Labute approximate surface area is 178 Å². The van der Waals surface area contributed by atoms with Crippen LogP contribution >= 0.6 is 0 Å². The van der Waals surface area contributed by atoms with Gasteiger partial charge in [0, 0.05) is 26.3 Å². The van der Waals surface area contributed by atoms with Crippen LogP contribution in [-0.2, 0) is 11.3 Å². The predicted octanol–water partition coefficient (Wildman–Crippen LogP) is 3.76. The number of aromatic hydroxyl groups is 1. The number of anilines is 1. The molecule has 0 aliphatic heterocycles. The van der Waals surface area contributed by atoms with Crippen LogP contribution in [0.4, 0.5) is 5.69 Å². The van der Waals surface area contributed by atoms with Gasteiger partial charge in [0.05, 0.1) is 17.7 Å². The third-order valence-corrected chi connectivity index (χ3v) is 4.20. The Bertz CT molecular complexity index is 916. The lowest BCUT2D eigenvalue weighted by Gasteiger charge is -2.25. The number of benzene rings is 2. The Morgan fingerprint density at radius 3 is 2.27 bits per heavy atom. The van der Waals surface area contributed by atoms with Crippen molar-refractivity contribution < 1.29 is 14.7 Å². The molecule has 1 amide bonds. The second-order valence-electron chi connectivity index (χ2n) is 6.32. The summed E-state index contributed by atoms with van der Waals surface area (Å²) in [7, 11) is 3.23. The van der Waals surface area contributed by atoms with Crippen molar-refractivity contribution in [3.63, 3.8) is 0 Å². The number of amides is 1. The summed E-state index contributed by atoms with van der Waals surface area (Å²) in [5.74, 6) is -0.507. The van der Waals surface area contributed by atoms with Crippen LogP contribution in [0.3, 0.4) is 0 Å². The third-order valence-electron chi connectivity index (χ3n) is 4.20. The maximum atomic E-state index is 12.1. The van der Waals surface area contributed by atoms with Crippen LogP contribution in [0.1, 0.15) is 36.2 Å². The van der Waals surface area contributed by atoms with Gasteiger partial charge < -0.3 is 20.6 Å². The van der Waals surface area contributed by atoms with E-state index in [1.165, 1.54) is 4.90 Å². The Hall–Kier alpha value is -3.72. The first kappa shape index (κ1) is 24.3. The van der Waals surface area contributed by atoms with E-state index in [4.69, 9.17) is 0 Å². The van der Waals surface area contributed by atoms with Gasteiger partial charge in [-0.3, -0.25) is 9.59 Å². The van der Waals surface area contributed by atoms with Gasteiger partial charge in [-0.05, 0) is 17.7 Å². The molecule has 0 spiro atoms. The molecule has 0 saturated carbocycles. The number of hydrogen-bond acceptors (Lipinski definition) is 5. The molecular weight excluding hydrogens is 378 g/mol. The molecular formula is C24H29N3O3. The SMILES string of the molecule is C#C.CC.CN(C)C(=O)c1cccc(NC2=C(NCc3ccccc3)CC2=O)c1O. The van der Waals surface area contributed by atoms with Crippen LogP contribution in [0.5, 0.6) is 5.75 Å². The molecule has 0 aromatic heterocycles. The minimum atomic E-state index is -0.303. The van der Waals surface area contributed by atoms with Gasteiger partial charge in [0.1, 0.15) is 5.70 Å². The number of para-hydroxylation sites is 1. The van der Waals surface area contributed by atoms with Crippen molar-refractivity contribution in [1.82, 2.24) is 10.2 Å². The summed E-state index contributed by atoms with van der Waals surface area (Å²) >= 11 is 0. The van der Waals surface area contributed by atoms with Crippen molar-refractivity contribution in [3.8, 4) is 18.6 Å². The van der Waals surface area contributed by atoms with Gasteiger partial charge in [0.25, 0.3) is 5.91 Å². The zero-order valence-electron chi connectivity index (χ0n) is 17.9. The van der Waals surface area contributed by atoms with Crippen molar-refractivity contribution in [2.24, 2.45) is 0 Å². The summed E-state index contributed by atoms with van der Waals surface area (Å²) in [5.41, 5.74) is 2.85. The maximum absolute atomic E-state index is 12.1. The quantitative estimate of drug-likeness (QED) is 0.502. The Balaban J connectivity index is 0.00000106. The molecule has 1 aliphatic rings. The minimum absolute atomic E-state index is 0.0377. The van der Waals surface area contributed by atoms with Gasteiger partial charge in [-0.1, -0.05) is 50.2 Å². The van der Waals surface area contributed by atoms with Gasteiger partial charge >= 0.3 is 0 Å². The fourth-order valence-electron chi connectivity index (χ4n) is 2.69. The second-order valence-corrected chi connectivity index (χ2v) is 6.32. The van der Waals surface area contributed by atoms with Crippen LogP contribution in [0.15, 0.2) is 59.9 Å². The van der Waals surface area contributed by atoms with E-state index in [0.29, 0.717) is 24.4 Å². The Kier molecular flexibility index (Phi) is 9.71. The third kappa shape index (κ3) is 5.89. The molecule has 158 valence electrons. The summed E-state index contributed by atoms with van der Waals surface area (Å²) in [6.45, 7) is 4.61. The standard InChI is InChI=1S/C20H21N3O3.C2H6.C2H2/c1-23(2)20(26)14-9-6-10-15(19(14)25)22-18-16(11-17(18)24)21-12-13-7-4-3-5-8-13;2*1-2/h3-10,21-22,25H,11-12H2,1-2H3;1-2H3;1-2H. The van der Waals surface area contributed by atoms with Crippen LogP contribution in [0.2, 0.25) is 0 Å². The summed E-state index contributed by atoms with van der Waals surface area (Å²) in [4.78, 5) is 25.5. The molecule has 2 aromatic rings. The van der Waals surface area contributed by atoms with E-state index in [1.54, 1.807) is 32.3 Å². The van der Waals surface area contributed by atoms with Crippen LogP contribution < -0.4 is 10.6 Å².